The number of aliphatic carboxylic acids is 1. The number of thioether (sulfide) groups is 1. The van der Waals surface area contributed by atoms with Crippen LogP contribution in [0.3, 0.4) is 0 Å². The number of hydrogen-bond donors (Lipinski definition) is 2. The molecule has 0 aromatic heterocycles. The molecule has 0 radical (unpaired) electrons. The van der Waals surface area contributed by atoms with E-state index in [-0.39, 0.29) is 0 Å². The number of anilines is 1. The van der Waals surface area contributed by atoms with Gasteiger partial charge in [0, 0.05) is 10.2 Å². The number of nitrogens with zero attached hydrogens (tertiary/aromatic N) is 1. The van der Waals surface area contributed by atoms with E-state index in [1.165, 1.54) is 16.7 Å². The highest BCUT2D eigenvalue weighted by atomic mass is 79.9. The molecule has 0 bridgehead atoms. The zero-order valence-corrected chi connectivity index (χ0v) is 12.8. The van der Waals surface area contributed by atoms with Crippen LogP contribution >= 0.6 is 39.3 Å². The first kappa shape index (κ1) is 14.5. The predicted molar refractivity (Wildman–Crippen MR) is 78.8 cm³/mol. The van der Waals surface area contributed by atoms with Gasteiger partial charge in [0.1, 0.15) is 6.04 Å². The van der Waals surface area contributed by atoms with Crippen LogP contribution in [-0.4, -0.2) is 39.7 Å². The summed E-state index contributed by atoms with van der Waals surface area (Å²) in [5, 5.41) is 12.0. The summed E-state index contributed by atoms with van der Waals surface area (Å²) < 4.78 is 0.802. The van der Waals surface area contributed by atoms with Gasteiger partial charge >= 0.3 is 12.0 Å². The van der Waals surface area contributed by atoms with E-state index in [1.54, 1.807) is 18.2 Å². The van der Waals surface area contributed by atoms with Crippen molar-refractivity contribution in [3.63, 3.8) is 0 Å². The molecule has 1 atom stereocenters. The van der Waals surface area contributed by atoms with Crippen molar-refractivity contribution in [1.82, 2.24) is 4.90 Å². The molecule has 2 amide bonds. The summed E-state index contributed by atoms with van der Waals surface area (Å²) >= 11 is 10.7. The van der Waals surface area contributed by atoms with Crippen LogP contribution in [-0.2, 0) is 4.79 Å². The molecule has 0 saturated carbocycles. The Morgan fingerprint density at radius 1 is 1.53 bits per heavy atom. The van der Waals surface area contributed by atoms with Crippen LogP contribution in [0.15, 0.2) is 22.7 Å². The van der Waals surface area contributed by atoms with Crippen LogP contribution in [0.1, 0.15) is 0 Å². The monoisotopic (exact) mass is 364 g/mol. The molecular formula is C11H10BrClN2O3S. The summed E-state index contributed by atoms with van der Waals surface area (Å²) in [6.07, 6.45) is 0. The fourth-order valence-electron chi connectivity index (χ4n) is 1.63. The van der Waals surface area contributed by atoms with E-state index < -0.39 is 18.0 Å². The summed E-state index contributed by atoms with van der Waals surface area (Å²) in [7, 11) is 0. The molecule has 5 nitrogen and oxygen atoms in total. The van der Waals surface area contributed by atoms with E-state index in [2.05, 4.69) is 21.2 Å². The maximum absolute atomic E-state index is 12.0. The highest BCUT2D eigenvalue weighted by molar-refractivity contribution is 9.10. The molecule has 0 spiro atoms. The second-order valence-corrected chi connectivity index (χ2v) is 6.20. The van der Waals surface area contributed by atoms with Crippen LogP contribution in [0.25, 0.3) is 0 Å². The van der Waals surface area contributed by atoms with Crippen LogP contribution in [0.2, 0.25) is 5.02 Å². The van der Waals surface area contributed by atoms with Crippen molar-refractivity contribution in [2.45, 2.75) is 6.04 Å². The Hall–Kier alpha value is -0.920. The number of amides is 2. The number of carbonyl (C=O) groups is 2. The quantitative estimate of drug-likeness (QED) is 0.845. The van der Waals surface area contributed by atoms with Crippen molar-refractivity contribution >= 4 is 57.0 Å². The molecule has 8 heteroatoms. The minimum atomic E-state index is -0.998. The molecule has 102 valence electrons. The number of hydrogen-bond acceptors (Lipinski definition) is 3. The Kier molecular flexibility index (Phi) is 4.59. The molecular weight excluding hydrogens is 356 g/mol. The highest BCUT2D eigenvalue weighted by Crippen LogP contribution is 2.27. The van der Waals surface area contributed by atoms with E-state index in [0.29, 0.717) is 22.3 Å². The van der Waals surface area contributed by atoms with E-state index in [9.17, 15) is 9.59 Å². The van der Waals surface area contributed by atoms with Gasteiger partial charge in [-0.05, 0) is 18.2 Å². The second kappa shape index (κ2) is 6.02. The maximum Gasteiger partial charge on any atom is 0.327 e. The lowest BCUT2D eigenvalue weighted by molar-refractivity contribution is -0.140. The molecule has 1 aromatic rings. The SMILES string of the molecule is O=C(O)[C@@H]1CSCN1C(=O)Nc1ccc(Br)cc1Cl. The van der Waals surface area contributed by atoms with Gasteiger partial charge in [-0.25, -0.2) is 9.59 Å². The van der Waals surface area contributed by atoms with Gasteiger partial charge < -0.3 is 15.3 Å². The van der Waals surface area contributed by atoms with Crippen LogP contribution < -0.4 is 5.32 Å². The van der Waals surface area contributed by atoms with E-state index in [4.69, 9.17) is 16.7 Å². The average Bonchev–Trinajstić information content (AvgIpc) is 2.82. The average molecular weight is 366 g/mol. The first-order chi connectivity index (χ1) is 8.99. The summed E-state index contributed by atoms with van der Waals surface area (Å²) in [6.45, 7) is 0. The van der Waals surface area contributed by atoms with Crippen LogP contribution in [0.4, 0.5) is 10.5 Å². The maximum atomic E-state index is 12.0. The van der Waals surface area contributed by atoms with Gasteiger partial charge in [-0.1, -0.05) is 27.5 Å². The smallest absolute Gasteiger partial charge is 0.327 e. The fourth-order valence-corrected chi connectivity index (χ4v) is 3.49. The van der Waals surface area contributed by atoms with Gasteiger partial charge in [0.25, 0.3) is 0 Å². The van der Waals surface area contributed by atoms with Gasteiger partial charge in [-0.3, -0.25) is 0 Å². The fraction of sp³-hybridized carbons (Fsp3) is 0.273. The number of carboxylic acid groups (broad SMARTS) is 1. The molecule has 1 aliphatic rings. The molecule has 2 N–H and O–H groups in total. The number of halogens is 2. The Morgan fingerprint density at radius 3 is 2.89 bits per heavy atom. The third-order valence-electron chi connectivity index (χ3n) is 2.60. The zero-order chi connectivity index (χ0) is 14.0. The summed E-state index contributed by atoms with van der Waals surface area (Å²) in [4.78, 5) is 24.3. The Labute approximate surface area is 127 Å². The van der Waals surface area contributed by atoms with Crippen molar-refractivity contribution in [1.29, 1.82) is 0 Å². The summed E-state index contributed by atoms with van der Waals surface area (Å²) in [5.74, 6) is -0.240. The minimum Gasteiger partial charge on any atom is -0.480 e. The summed E-state index contributed by atoms with van der Waals surface area (Å²) in [6, 6.07) is 3.81. The first-order valence-electron chi connectivity index (χ1n) is 5.32. The highest BCUT2D eigenvalue weighted by Gasteiger charge is 2.34. The van der Waals surface area contributed by atoms with Gasteiger partial charge in [0.05, 0.1) is 16.6 Å². The number of benzene rings is 1. The second-order valence-electron chi connectivity index (χ2n) is 3.88. The largest absolute Gasteiger partial charge is 0.480 e. The summed E-state index contributed by atoms with van der Waals surface area (Å²) in [5.41, 5.74) is 0.455. The van der Waals surface area contributed by atoms with E-state index >= 15 is 0 Å². The number of carboxylic acids is 1. The van der Waals surface area contributed by atoms with Crippen LogP contribution in [0.5, 0.6) is 0 Å². The van der Waals surface area contributed by atoms with Gasteiger partial charge in [-0.15, -0.1) is 11.8 Å². The molecule has 1 aliphatic heterocycles. The predicted octanol–water partition coefficient (Wildman–Crippen LogP) is 3.09. The Morgan fingerprint density at radius 2 is 2.26 bits per heavy atom. The van der Waals surface area contributed by atoms with Crippen molar-refractivity contribution in [2.24, 2.45) is 0 Å². The molecule has 1 fully saturated rings. The van der Waals surface area contributed by atoms with Crippen molar-refractivity contribution in [2.75, 3.05) is 16.9 Å². The topological polar surface area (TPSA) is 69.6 Å². The zero-order valence-electron chi connectivity index (χ0n) is 9.60. The molecule has 0 unspecified atom stereocenters. The molecule has 1 heterocycles. The van der Waals surface area contributed by atoms with Crippen molar-refractivity contribution < 1.29 is 14.7 Å². The number of urea groups is 1. The molecule has 1 aromatic carbocycles. The first-order valence-corrected chi connectivity index (χ1v) is 7.65. The van der Waals surface area contributed by atoms with Crippen molar-refractivity contribution in [3.05, 3.63) is 27.7 Å². The van der Waals surface area contributed by atoms with Gasteiger partial charge in [-0.2, -0.15) is 0 Å². The lowest BCUT2D eigenvalue weighted by Crippen LogP contribution is -2.44. The van der Waals surface area contributed by atoms with E-state index in [0.717, 1.165) is 4.47 Å². The number of carbonyl (C=O) groups excluding carboxylic acids is 1. The van der Waals surface area contributed by atoms with Gasteiger partial charge in [0.15, 0.2) is 0 Å². The normalized spacial score (nSPS) is 18.4. The standard InChI is InChI=1S/C11H10BrClN2O3S/c12-6-1-2-8(7(13)3-6)14-11(18)15-5-19-4-9(15)10(16)17/h1-3,9H,4-5H2,(H,14,18)(H,16,17)/t9-/m0/s1. The third kappa shape index (κ3) is 3.34. The molecule has 1 saturated heterocycles. The molecule has 19 heavy (non-hydrogen) atoms. The van der Waals surface area contributed by atoms with Gasteiger partial charge in [0.2, 0.25) is 0 Å². The minimum absolute atomic E-state index is 0.358. The lowest BCUT2D eigenvalue weighted by Gasteiger charge is -2.21. The lowest BCUT2D eigenvalue weighted by atomic mass is 10.3. The number of rotatable bonds is 2. The molecule has 2 rings (SSSR count). The third-order valence-corrected chi connectivity index (χ3v) is 4.42. The molecule has 0 aliphatic carbocycles. The van der Waals surface area contributed by atoms with Crippen LogP contribution in [0, 0.1) is 0 Å². The van der Waals surface area contributed by atoms with Crippen molar-refractivity contribution in [3.8, 4) is 0 Å². The number of nitrogens with one attached hydrogen (secondary N) is 1. The van der Waals surface area contributed by atoms with E-state index in [1.807, 2.05) is 0 Å². The Balaban J connectivity index is 2.10. The Bertz CT molecular complexity index is 529.